The molecule has 4 unspecified atom stereocenters. The summed E-state index contributed by atoms with van der Waals surface area (Å²) in [5.74, 6) is -4.32. The summed E-state index contributed by atoms with van der Waals surface area (Å²) in [6.45, 7) is 5.13. The molecule has 0 radical (unpaired) electrons. The molecule has 1 aliphatic carbocycles. The standard InChI is InChI=1S/C48H51N3O8/c1-4-29-50(31-34-21-25-39(26-22-34)58-37-17-11-7-12-18-37)46(53)42-41(45(52)49-57-33-36-15-9-6-10-16-36)44(48(55)56-3)43(42)47(54)51(30-5-2)32-35-23-27-40(28-24-35)59-38-19-13-8-14-20-38/h6-28,41-44H,4-5,29-33H2,1-3H3,(H,49,52). The van der Waals surface area contributed by atoms with Crippen molar-refractivity contribution in [1.29, 1.82) is 0 Å². The maximum Gasteiger partial charge on any atom is 0.310 e. The van der Waals surface area contributed by atoms with Crippen molar-refractivity contribution >= 4 is 23.7 Å². The monoisotopic (exact) mass is 797 g/mol. The van der Waals surface area contributed by atoms with Crippen molar-refractivity contribution in [1.82, 2.24) is 15.3 Å². The minimum absolute atomic E-state index is 0.0640. The molecule has 5 aromatic carbocycles. The fraction of sp³-hybridized carbons (Fsp3) is 0.292. The Hall–Kier alpha value is -6.46. The lowest BCUT2D eigenvalue weighted by Crippen LogP contribution is -2.65. The molecule has 11 nitrogen and oxygen atoms in total. The van der Waals surface area contributed by atoms with Gasteiger partial charge in [-0.25, -0.2) is 5.48 Å². The highest BCUT2D eigenvalue weighted by atomic mass is 16.7. The molecule has 1 saturated carbocycles. The van der Waals surface area contributed by atoms with Gasteiger partial charge in [0.1, 0.15) is 23.0 Å². The van der Waals surface area contributed by atoms with Crippen molar-refractivity contribution < 1.29 is 38.2 Å². The largest absolute Gasteiger partial charge is 0.469 e. The van der Waals surface area contributed by atoms with Crippen LogP contribution in [0.1, 0.15) is 43.4 Å². The maximum atomic E-state index is 14.9. The summed E-state index contributed by atoms with van der Waals surface area (Å²) < 4.78 is 17.1. The molecule has 0 bridgehead atoms. The van der Waals surface area contributed by atoms with E-state index in [1.165, 1.54) is 7.11 Å². The van der Waals surface area contributed by atoms with Crippen molar-refractivity contribution in [3.05, 3.63) is 156 Å². The summed E-state index contributed by atoms with van der Waals surface area (Å²) >= 11 is 0. The van der Waals surface area contributed by atoms with Crippen LogP contribution >= 0.6 is 0 Å². The molecule has 1 fully saturated rings. The first-order chi connectivity index (χ1) is 28.8. The Morgan fingerprint density at radius 2 is 0.915 bits per heavy atom. The van der Waals surface area contributed by atoms with Crippen LogP contribution in [-0.2, 0) is 48.4 Å². The van der Waals surface area contributed by atoms with Gasteiger partial charge < -0.3 is 24.0 Å². The van der Waals surface area contributed by atoms with Crippen LogP contribution in [0.15, 0.2) is 140 Å². The van der Waals surface area contributed by atoms with Crippen molar-refractivity contribution in [3.8, 4) is 23.0 Å². The van der Waals surface area contributed by atoms with Crippen LogP contribution in [0, 0.1) is 23.7 Å². The van der Waals surface area contributed by atoms with E-state index in [9.17, 15) is 19.2 Å². The van der Waals surface area contributed by atoms with Gasteiger partial charge >= 0.3 is 5.97 Å². The summed E-state index contributed by atoms with van der Waals surface area (Å²) in [4.78, 5) is 66.2. The number of ether oxygens (including phenoxy) is 3. The number of nitrogens with one attached hydrogen (secondary N) is 1. The Kier molecular flexibility index (Phi) is 14.9. The summed E-state index contributed by atoms with van der Waals surface area (Å²) in [5.41, 5.74) is 4.96. The Balaban J connectivity index is 1.26. The minimum Gasteiger partial charge on any atom is -0.469 e. The Bertz CT molecular complexity index is 2120. The highest BCUT2D eigenvalue weighted by Gasteiger charge is 2.65. The van der Waals surface area contributed by atoms with Crippen LogP contribution < -0.4 is 15.0 Å². The van der Waals surface area contributed by atoms with E-state index in [4.69, 9.17) is 19.0 Å². The molecule has 5 aromatic rings. The zero-order valence-electron chi connectivity index (χ0n) is 33.7. The number of nitrogens with zero attached hydrogens (tertiary/aromatic N) is 2. The lowest BCUT2D eigenvalue weighted by Gasteiger charge is -2.49. The number of amides is 3. The van der Waals surface area contributed by atoms with Gasteiger partial charge in [0, 0.05) is 26.2 Å². The second kappa shape index (κ2) is 20.8. The van der Waals surface area contributed by atoms with E-state index < -0.39 is 47.4 Å². The Labute approximate surface area is 345 Å². The molecule has 306 valence electrons. The molecule has 0 saturated heterocycles. The number of methoxy groups -OCH3 is 1. The van der Waals surface area contributed by atoms with Crippen molar-refractivity contribution in [3.63, 3.8) is 0 Å². The van der Waals surface area contributed by atoms with Crippen LogP contribution in [0.2, 0.25) is 0 Å². The average Bonchev–Trinajstić information content (AvgIpc) is 3.25. The van der Waals surface area contributed by atoms with Crippen LogP contribution in [0.3, 0.4) is 0 Å². The van der Waals surface area contributed by atoms with Gasteiger partial charge in [-0.2, -0.15) is 0 Å². The van der Waals surface area contributed by atoms with Gasteiger partial charge in [0.05, 0.1) is 37.4 Å². The van der Waals surface area contributed by atoms with Crippen molar-refractivity contribution in [2.24, 2.45) is 23.7 Å². The molecular formula is C48H51N3O8. The number of carbonyl (C=O) groups excluding carboxylic acids is 4. The lowest BCUT2D eigenvalue weighted by atomic mass is 9.55. The van der Waals surface area contributed by atoms with Crippen LogP contribution in [-0.4, -0.2) is 53.7 Å². The summed E-state index contributed by atoms with van der Waals surface area (Å²) in [5, 5.41) is 0. The van der Waals surface area contributed by atoms with Gasteiger partial charge in [-0.05, 0) is 78.1 Å². The predicted molar refractivity (Wildman–Crippen MR) is 223 cm³/mol. The number of hydrogen-bond acceptors (Lipinski definition) is 8. The third kappa shape index (κ3) is 10.9. The van der Waals surface area contributed by atoms with Crippen LogP contribution in [0.4, 0.5) is 0 Å². The summed E-state index contributed by atoms with van der Waals surface area (Å²) in [6, 6.07) is 43.0. The molecule has 59 heavy (non-hydrogen) atoms. The topological polar surface area (TPSA) is 124 Å². The SMILES string of the molecule is CCCN(Cc1ccc(Oc2ccccc2)cc1)C(=O)C1C(C(=O)NOCc2ccccc2)C(C(=O)OC)C1C(=O)N(CCC)Cc1ccc(Oc2ccccc2)cc1. The molecule has 0 aliphatic heterocycles. The first-order valence-electron chi connectivity index (χ1n) is 20.0. The molecular weight excluding hydrogens is 747 g/mol. The van der Waals surface area contributed by atoms with E-state index in [2.05, 4.69) is 5.48 Å². The normalized spacial score (nSPS) is 16.9. The van der Waals surface area contributed by atoms with Crippen LogP contribution in [0.25, 0.3) is 0 Å². The van der Waals surface area contributed by atoms with Gasteiger partial charge in [-0.3, -0.25) is 24.0 Å². The van der Waals surface area contributed by atoms with Gasteiger partial charge in [-0.15, -0.1) is 0 Å². The smallest absolute Gasteiger partial charge is 0.310 e. The zero-order chi connectivity index (χ0) is 41.6. The molecule has 11 heteroatoms. The van der Waals surface area contributed by atoms with Crippen molar-refractivity contribution in [2.45, 2.75) is 46.4 Å². The van der Waals surface area contributed by atoms with Crippen LogP contribution in [0.5, 0.6) is 23.0 Å². The highest BCUT2D eigenvalue weighted by Crippen LogP contribution is 2.49. The Morgan fingerprint density at radius 1 is 0.508 bits per heavy atom. The number of hydrogen-bond donors (Lipinski definition) is 1. The Morgan fingerprint density at radius 3 is 1.34 bits per heavy atom. The highest BCUT2D eigenvalue weighted by molar-refractivity contribution is 6.01. The van der Waals surface area contributed by atoms with Gasteiger partial charge in [0.2, 0.25) is 17.7 Å². The number of benzene rings is 5. The van der Waals surface area contributed by atoms with E-state index in [-0.39, 0.29) is 19.7 Å². The molecule has 0 heterocycles. The van der Waals surface area contributed by atoms with E-state index in [1.54, 1.807) is 9.80 Å². The summed E-state index contributed by atoms with van der Waals surface area (Å²) in [7, 11) is 1.22. The third-order valence-electron chi connectivity index (χ3n) is 10.3. The third-order valence-corrected chi connectivity index (χ3v) is 10.3. The molecule has 6 rings (SSSR count). The first kappa shape index (κ1) is 42.2. The number of hydroxylamine groups is 1. The van der Waals surface area contributed by atoms with E-state index >= 15 is 0 Å². The van der Waals surface area contributed by atoms with Gasteiger partial charge in [-0.1, -0.05) is 105 Å². The molecule has 0 spiro atoms. The quantitative estimate of drug-likeness (QED) is 0.0654. The number of carbonyl (C=O) groups is 4. The van der Waals surface area contributed by atoms with Gasteiger partial charge in [0.15, 0.2) is 0 Å². The second-order valence-corrected chi connectivity index (χ2v) is 14.5. The second-order valence-electron chi connectivity index (χ2n) is 14.5. The number of rotatable bonds is 19. The average molecular weight is 798 g/mol. The van der Waals surface area contributed by atoms with E-state index in [0.717, 1.165) is 16.7 Å². The molecule has 1 N–H and O–H groups in total. The molecule has 1 aliphatic rings. The van der Waals surface area contributed by atoms with E-state index in [0.29, 0.717) is 48.9 Å². The number of esters is 1. The maximum absolute atomic E-state index is 14.9. The number of para-hydroxylation sites is 2. The predicted octanol–water partition coefficient (Wildman–Crippen LogP) is 8.35. The summed E-state index contributed by atoms with van der Waals surface area (Å²) in [6.07, 6.45) is 1.24. The van der Waals surface area contributed by atoms with Gasteiger partial charge in [0.25, 0.3) is 0 Å². The zero-order valence-corrected chi connectivity index (χ0v) is 33.7. The van der Waals surface area contributed by atoms with Crippen molar-refractivity contribution in [2.75, 3.05) is 20.2 Å². The molecule has 0 aromatic heterocycles. The van der Waals surface area contributed by atoms with E-state index in [1.807, 2.05) is 153 Å². The molecule has 3 amide bonds. The fourth-order valence-corrected chi connectivity index (χ4v) is 7.46. The lowest BCUT2D eigenvalue weighted by molar-refractivity contribution is -0.187. The first-order valence-corrected chi connectivity index (χ1v) is 20.0. The molecule has 4 atom stereocenters. The minimum atomic E-state index is -1.22. The fourth-order valence-electron chi connectivity index (χ4n) is 7.46.